The molecule has 0 radical (unpaired) electrons. The highest BCUT2D eigenvalue weighted by molar-refractivity contribution is 6.03. The lowest BCUT2D eigenvalue weighted by Crippen LogP contribution is -2.22. The van der Waals surface area contributed by atoms with Crippen molar-refractivity contribution in [1.29, 1.82) is 0 Å². The van der Waals surface area contributed by atoms with Gasteiger partial charge >= 0.3 is 0 Å². The zero-order valence-corrected chi connectivity index (χ0v) is 13.6. The summed E-state index contributed by atoms with van der Waals surface area (Å²) in [5.41, 5.74) is 1.63. The second kappa shape index (κ2) is 7.51. The predicted molar refractivity (Wildman–Crippen MR) is 98.7 cm³/mol. The van der Waals surface area contributed by atoms with E-state index < -0.39 is 0 Å². The van der Waals surface area contributed by atoms with Gasteiger partial charge in [0.1, 0.15) is 5.75 Å². The molecule has 24 heavy (non-hydrogen) atoms. The minimum atomic E-state index is -0.0994. The third kappa shape index (κ3) is 3.66. The molecule has 0 aliphatic heterocycles. The molecule has 0 saturated heterocycles. The van der Waals surface area contributed by atoms with Gasteiger partial charge in [0.25, 0.3) is 0 Å². The Labute approximate surface area is 141 Å². The van der Waals surface area contributed by atoms with Crippen LogP contribution in [0.4, 0.5) is 11.4 Å². The van der Waals surface area contributed by atoms with Crippen LogP contribution in [0.25, 0.3) is 10.8 Å². The van der Waals surface area contributed by atoms with E-state index in [2.05, 4.69) is 10.6 Å². The molecule has 0 saturated carbocycles. The number of nitrogens with one attached hydrogen (secondary N) is 2. The van der Waals surface area contributed by atoms with Crippen molar-refractivity contribution in [2.75, 3.05) is 23.8 Å². The van der Waals surface area contributed by atoms with E-state index in [1.807, 2.05) is 73.7 Å². The molecule has 0 aliphatic carbocycles. The van der Waals surface area contributed by atoms with Crippen molar-refractivity contribution < 1.29 is 9.53 Å². The Hall–Kier alpha value is -3.01. The Bertz CT molecular complexity index is 840. The van der Waals surface area contributed by atoms with E-state index >= 15 is 0 Å². The number of rotatable bonds is 6. The number of para-hydroxylation sites is 2. The second-order valence-electron chi connectivity index (χ2n) is 5.36. The van der Waals surface area contributed by atoms with Gasteiger partial charge in [0.2, 0.25) is 5.91 Å². The molecule has 0 aliphatic rings. The minimum absolute atomic E-state index is 0.0994. The lowest BCUT2D eigenvalue weighted by atomic mass is 10.1. The first-order chi connectivity index (χ1) is 11.8. The molecule has 0 fully saturated rings. The van der Waals surface area contributed by atoms with Gasteiger partial charge < -0.3 is 15.4 Å². The first kappa shape index (κ1) is 15.9. The molecule has 3 aromatic carbocycles. The number of benzene rings is 3. The molecular formula is C20H20N2O2. The molecule has 0 atom stereocenters. The number of carbonyl (C=O) groups excluding carboxylic acids is 1. The smallest absolute Gasteiger partial charge is 0.243 e. The SMILES string of the molecule is CCOc1ccccc1NCC(=O)Nc1cccc2ccccc12. The van der Waals surface area contributed by atoms with Gasteiger partial charge in [-0.3, -0.25) is 4.79 Å². The number of fused-ring (bicyclic) bond motifs is 1. The molecule has 3 aromatic rings. The fourth-order valence-corrected chi connectivity index (χ4v) is 2.60. The lowest BCUT2D eigenvalue weighted by molar-refractivity contribution is -0.114. The van der Waals surface area contributed by atoms with Crippen LogP contribution in [-0.4, -0.2) is 19.1 Å². The van der Waals surface area contributed by atoms with Crippen LogP contribution in [0.3, 0.4) is 0 Å². The first-order valence-corrected chi connectivity index (χ1v) is 8.01. The van der Waals surface area contributed by atoms with E-state index in [9.17, 15) is 4.79 Å². The average Bonchev–Trinajstić information content (AvgIpc) is 2.62. The minimum Gasteiger partial charge on any atom is -0.492 e. The van der Waals surface area contributed by atoms with Gasteiger partial charge in [-0.2, -0.15) is 0 Å². The zero-order chi connectivity index (χ0) is 16.8. The number of hydrogen-bond acceptors (Lipinski definition) is 3. The quantitative estimate of drug-likeness (QED) is 0.712. The summed E-state index contributed by atoms with van der Waals surface area (Å²) in [6.45, 7) is 2.69. The Morgan fingerprint density at radius 1 is 0.917 bits per heavy atom. The topological polar surface area (TPSA) is 50.4 Å². The highest BCUT2D eigenvalue weighted by Crippen LogP contribution is 2.24. The van der Waals surface area contributed by atoms with Crippen molar-refractivity contribution in [3.05, 3.63) is 66.7 Å². The molecule has 4 nitrogen and oxygen atoms in total. The van der Waals surface area contributed by atoms with Gasteiger partial charge in [0.05, 0.1) is 18.8 Å². The molecule has 4 heteroatoms. The van der Waals surface area contributed by atoms with E-state index in [0.29, 0.717) is 6.61 Å². The molecular weight excluding hydrogens is 300 g/mol. The molecule has 0 heterocycles. The molecule has 0 unspecified atom stereocenters. The fraction of sp³-hybridized carbons (Fsp3) is 0.150. The van der Waals surface area contributed by atoms with E-state index in [4.69, 9.17) is 4.74 Å². The summed E-state index contributed by atoms with van der Waals surface area (Å²) in [7, 11) is 0. The standard InChI is InChI=1S/C20H20N2O2/c1-2-24-19-13-6-5-11-18(19)21-14-20(23)22-17-12-7-9-15-8-3-4-10-16(15)17/h3-13,21H,2,14H2,1H3,(H,22,23). The summed E-state index contributed by atoms with van der Waals surface area (Å²) in [4.78, 5) is 12.3. The summed E-state index contributed by atoms with van der Waals surface area (Å²) in [5.74, 6) is 0.649. The van der Waals surface area contributed by atoms with Gasteiger partial charge in [0.15, 0.2) is 0 Å². The number of amides is 1. The van der Waals surface area contributed by atoms with Gasteiger partial charge in [-0.25, -0.2) is 0 Å². The summed E-state index contributed by atoms with van der Waals surface area (Å²) in [6, 6.07) is 21.5. The highest BCUT2D eigenvalue weighted by atomic mass is 16.5. The van der Waals surface area contributed by atoms with E-state index in [-0.39, 0.29) is 12.5 Å². The largest absolute Gasteiger partial charge is 0.492 e. The molecule has 0 bridgehead atoms. The molecule has 0 spiro atoms. The fourth-order valence-electron chi connectivity index (χ4n) is 2.60. The van der Waals surface area contributed by atoms with Crippen LogP contribution in [0, 0.1) is 0 Å². The maximum absolute atomic E-state index is 12.3. The zero-order valence-electron chi connectivity index (χ0n) is 13.6. The average molecular weight is 320 g/mol. The summed E-state index contributed by atoms with van der Waals surface area (Å²) in [5, 5.41) is 8.23. The van der Waals surface area contributed by atoms with Crippen molar-refractivity contribution in [3.63, 3.8) is 0 Å². The van der Waals surface area contributed by atoms with Crippen LogP contribution < -0.4 is 15.4 Å². The highest BCUT2D eigenvalue weighted by Gasteiger charge is 2.07. The molecule has 2 N–H and O–H groups in total. The molecule has 122 valence electrons. The normalized spacial score (nSPS) is 10.4. The first-order valence-electron chi connectivity index (χ1n) is 8.01. The van der Waals surface area contributed by atoms with Crippen molar-refractivity contribution in [2.45, 2.75) is 6.92 Å². The monoisotopic (exact) mass is 320 g/mol. The number of ether oxygens (including phenoxy) is 1. The van der Waals surface area contributed by atoms with Crippen LogP contribution >= 0.6 is 0 Å². The van der Waals surface area contributed by atoms with Crippen molar-refractivity contribution in [3.8, 4) is 5.75 Å². The van der Waals surface area contributed by atoms with Crippen LogP contribution in [0.15, 0.2) is 66.7 Å². The third-order valence-electron chi connectivity index (χ3n) is 3.69. The maximum atomic E-state index is 12.3. The molecule has 1 amide bonds. The van der Waals surface area contributed by atoms with Crippen molar-refractivity contribution >= 4 is 28.1 Å². The third-order valence-corrected chi connectivity index (χ3v) is 3.69. The van der Waals surface area contributed by atoms with Gasteiger partial charge in [-0.15, -0.1) is 0 Å². The molecule has 0 aromatic heterocycles. The summed E-state index contributed by atoms with van der Waals surface area (Å²) >= 11 is 0. The van der Waals surface area contributed by atoms with E-state index in [1.54, 1.807) is 0 Å². The van der Waals surface area contributed by atoms with E-state index in [0.717, 1.165) is 27.9 Å². The Morgan fingerprint density at radius 2 is 1.62 bits per heavy atom. The van der Waals surface area contributed by atoms with Crippen molar-refractivity contribution in [1.82, 2.24) is 0 Å². The van der Waals surface area contributed by atoms with Gasteiger partial charge in [-0.1, -0.05) is 48.5 Å². The van der Waals surface area contributed by atoms with Crippen LogP contribution in [0.5, 0.6) is 5.75 Å². The number of hydrogen-bond donors (Lipinski definition) is 2. The van der Waals surface area contributed by atoms with Crippen LogP contribution in [-0.2, 0) is 4.79 Å². The Balaban J connectivity index is 1.68. The lowest BCUT2D eigenvalue weighted by Gasteiger charge is -2.13. The Morgan fingerprint density at radius 3 is 2.50 bits per heavy atom. The van der Waals surface area contributed by atoms with Crippen molar-refractivity contribution in [2.24, 2.45) is 0 Å². The summed E-state index contributed by atoms with van der Waals surface area (Å²) in [6.07, 6.45) is 0. The summed E-state index contributed by atoms with van der Waals surface area (Å²) < 4.78 is 5.55. The number of carbonyl (C=O) groups is 1. The number of anilines is 2. The Kier molecular flexibility index (Phi) is 4.96. The van der Waals surface area contributed by atoms with Crippen LogP contribution in [0.2, 0.25) is 0 Å². The maximum Gasteiger partial charge on any atom is 0.243 e. The van der Waals surface area contributed by atoms with Crippen LogP contribution in [0.1, 0.15) is 6.92 Å². The van der Waals surface area contributed by atoms with Gasteiger partial charge in [0, 0.05) is 11.1 Å². The predicted octanol–water partition coefficient (Wildman–Crippen LogP) is 4.29. The molecule has 3 rings (SSSR count). The second-order valence-corrected chi connectivity index (χ2v) is 5.36. The van der Waals surface area contributed by atoms with Gasteiger partial charge in [-0.05, 0) is 30.5 Å². The van der Waals surface area contributed by atoms with E-state index in [1.165, 1.54) is 0 Å².